The van der Waals surface area contributed by atoms with E-state index in [-0.39, 0.29) is 5.78 Å². The number of rotatable bonds is 0. The maximum atomic E-state index is 11.3. The smallest absolute Gasteiger partial charge is 0.172 e. The lowest BCUT2D eigenvalue weighted by atomic mass is 10.2. The molecule has 0 aromatic rings. The first-order valence-electron chi connectivity index (χ1n) is 3.99. The summed E-state index contributed by atoms with van der Waals surface area (Å²) in [4.78, 5) is 17.4. The van der Waals surface area contributed by atoms with Crippen LogP contribution >= 0.6 is 0 Å². The van der Waals surface area contributed by atoms with Gasteiger partial charge in [0.1, 0.15) is 0 Å². The molecule has 0 saturated heterocycles. The molecule has 0 amide bonds. The number of Topliss-reactive ketones (excluding diaryl/α,β-unsaturated/α-hetero) is 1. The second kappa shape index (κ2) is 3.63. The van der Waals surface area contributed by atoms with Gasteiger partial charge in [-0.25, -0.2) is 0 Å². The minimum atomic E-state index is 0.191. The number of ketones is 1. The highest BCUT2D eigenvalue weighted by Crippen LogP contribution is 2.03. The van der Waals surface area contributed by atoms with Gasteiger partial charge in [-0.2, -0.15) is 0 Å². The van der Waals surface area contributed by atoms with Gasteiger partial charge in [0, 0.05) is 19.3 Å². The fourth-order valence-electron chi connectivity index (χ4n) is 1.21. The molecule has 0 radical (unpaired) electrons. The van der Waals surface area contributed by atoms with Gasteiger partial charge in [-0.05, 0) is 25.6 Å². The van der Waals surface area contributed by atoms with Crippen molar-refractivity contribution >= 4 is 11.5 Å². The van der Waals surface area contributed by atoms with Crippen molar-refractivity contribution in [3.63, 3.8) is 0 Å². The molecule has 1 aliphatic rings. The summed E-state index contributed by atoms with van der Waals surface area (Å²) in [7, 11) is 3.68. The quantitative estimate of drug-likeness (QED) is 0.525. The lowest BCUT2D eigenvalue weighted by Crippen LogP contribution is -2.27. The van der Waals surface area contributed by atoms with Crippen molar-refractivity contribution in [1.82, 2.24) is 4.90 Å². The number of likely N-dealkylation sites (N-methyl/N-ethyl adjacent to an activating group) is 1. The van der Waals surface area contributed by atoms with Crippen molar-refractivity contribution in [3.8, 4) is 0 Å². The Balaban J connectivity index is 2.90. The highest BCUT2D eigenvalue weighted by Gasteiger charge is 2.14. The predicted octanol–water partition coefficient (Wildman–Crippen LogP) is 0.518. The third kappa shape index (κ3) is 2.01. The van der Waals surface area contributed by atoms with Gasteiger partial charge in [-0.15, -0.1) is 0 Å². The van der Waals surface area contributed by atoms with E-state index >= 15 is 0 Å². The zero-order chi connectivity index (χ0) is 9.14. The van der Waals surface area contributed by atoms with E-state index < -0.39 is 0 Å². The summed E-state index contributed by atoms with van der Waals surface area (Å²) < 4.78 is 0. The minimum Gasteiger partial charge on any atom is -0.293 e. The van der Waals surface area contributed by atoms with E-state index in [0.717, 1.165) is 17.8 Å². The fourth-order valence-corrected chi connectivity index (χ4v) is 1.21. The summed E-state index contributed by atoms with van der Waals surface area (Å²) >= 11 is 0. The van der Waals surface area contributed by atoms with Gasteiger partial charge in [-0.3, -0.25) is 14.7 Å². The Morgan fingerprint density at radius 3 is 2.75 bits per heavy atom. The van der Waals surface area contributed by atoms with E-state index in [1.54, 1.807) is 7.05 Å². The number of hydrogen-bond donors (Lipinski definition) is 0. The largest absolute Gasteiger partial charge is 0.293 e. The van der Waals surface area contributed by atoms with E-state index in [1.807, 2.05) is 24.9 Å². The number of hydrogen-bond acceptors (Lipinski definition) is 3. The Morgan fingerprint density at radius 1 is 1.50 bits per heavy atom. The summed E-state index contributed by atoms with van der Waals surface area (Å²) in [5.41, 5.74) is 1.78. The summed E-state index contributed by atoms with van der Waals surface area (Å²) in [6.07, 6.45) is 1.87. The molecule has 0 fully saturated rings. The van der Waals surface area contributed by atoms with E-state index in [9.17, 15) is 4.79 Å². The van der Waals surface area contributed by atoms with Crippen LogP contribution in [0, 0.1) is 0 Å². The molecule has 1 rings (SSSR count). The second-order valence-electron chi connectivity index (χ2n) is 3.14. The van der Waals surface area contributed by atoms with Crippen molar-refractivity contribution in [2.75, 3.05) is 27.2 Å². The van der Waals surface area contributed by atoms with Crippen molar-refractivity contribution in [2.45, 2.75) is 6.92 Å². The second-order valence-corrected chi connectivity index (χ2v) is 3.14. The molecule has 0 aromatic carbocycles. The van der Waals surface area contributed by atoms with Crippen molar-refractivity contribution in [2.24, 2.45) is 4.99 Å². The number of nitrogens with zero attached hydrogens (tertiary/aromatic N) is 2. The molecule has 0 atom stereocenters. The average Bonchev–Trinajstić information content (AvgIpc) is 2.12. The van der Waals surface area contributed by atoms with Gasteiger partial charge in [-0.1, -0.05) is 0 Å². The van der Waals surface area contributed by atoms with Crippen LogP contribution in [0.4, 0.5) is 0 Å². The van der Waals surface area contributed by atoms with Gasteiger partial charge < -0.3 is 0 Å². The molecular weight excluding hydrogens is 152 g/mol. The van der Waals surface area contributed by atoms with Gasteiger partial charge >= 0.3 is 0 Å². The van der Waals surface area contributed by atoms with Gasteiger partial charge in [0.05, 0.1) is 6.54 Å². The van der Waals surface area contributed by atoms with Crippen LogP contribution < -0.4 is 0 Å². The third-order valence-corrected chi connectivity index (χ3v) is 1.96. The number of aliphatic imine (C=N–C) groups is 1. The van der Waals surface area contributed by atoms with Crippen LogP contribution in [-0.4, -0.2) is 43.6 Å². The molecule has 3 nitrogen and oxygen atoms in total. The molecule has 0 aromatic heterocycles. The lowest BCUT2D eigenvalue weighted by molar-refractivity contribution is -0.116. The van der Waals surface area contributed by atoms with E-state index in [4.69, 9.17) is 0 Å². The molecular formula is C9H14N2O. The molecule has 66 valence electrons. The fraction of sp³-hybridized carbons (Fsp3) is 0.556. The Labute approximate surface area is 72.8 Å². The first-order chi connectivity index (χ1) is 5.63. The van der Waals surface area contributed by atoms with Gasteiger partial charge in [0.15, 0.2) is 5.78 Å². The molecule has 0 saturated carbocycles. The van der Waals surface area contributed by atoms with Gasteiger partial charge in [0.2, 0.25) is 0 Å². The molecule has 0 unspecified atom stereocenters. The molecule has 12 heavy (non-hydrogen) atoms. The van der Waals surface area contributed by atoms with E-state index in [0.29, 0.717) is 6.54 Å². The zero-order valence-electron chi connectivity index (χ0n) is 7.79. The predicted molar refractivity (Wildman–Crippen MR) is 49.6 cm³/mol. The average molecular weight is 166 g/mol. The summed E-state index contributed by atoms with van der Waals surface area (Å²) in [6.45, 7) is 3.10. The Hall–Kier alpha value is -0.960. The normalized spacial score (nSPS) is 24.1. The van der Waals surface area contributed by atoms with Crippen LogP contribution in [0.25, 0.3) is 0 Å². The third-order valence-electron chi connectivity index (χ3n) is 1.96. The zero-order valence-corrected chi connectivity index (χ0v) is 7.79. The molecule has 1 heterocycles. The van der Waals surface area contributed by atoms with Crippen LogP contribution in [0.15, 0.2) is 16.6 Å². The Kier molecular flexibility index (Phi) is 2.76. The van der Waals surface area contributed by atoms with Crippen LogP contribution in [0.1, 0.15) is 6.92 Å². The van der Waals surface area contributed by atoms with E-state index in [1.165, 1.54) is 0 Å². The Morgan fingerprint density at radius 2 is 2.17 bits per heavy atom. The topological polar surface area (TPSA) is 32.7 Å². The van der Waals surface area contributed by atoms with Crippen molar-refractivity contribution < 1.29 is 4.79 Å². The monoisotopic (exact) mass is 166 g/mol. The number of carbonyl (C=O) groups excluding carboxylic acids is 1. The maximum Gasteiger partial charge on any atom is 0.172 e. The summed E-state index contributed by atoms with van der Waals surface area (Å²) in [6, 6.07) is 0. The molecule has 1 aliphatic heterocycles. The number of carbonyl (C=O) groups is 1. The van der Waals surface area contributed by atoms with Crippen LogP contribution in [0.2, 0.25) is 0 Å². The summed E-state index contributed by atoms with van der Waals surface area (Å²) in [5, 5.41) is 0. The highest BCUT2D eigenvalue weighted by molar-refractivity contribution is 6.07. The lowest BCUT2D eigenvalue weighted by Gasteiger charge is -2.11. The molecule has 0 bridgehead atoms. The maximum absolute atomic E-state index is 11.3. The molecule has 3 heteroatoms. The highest BCUT2D eigenvalue weighted by atomic mass is 16.1. The minimum absolute atomic E-state index is 0.191. The molecule has 0 N–H and O–H groups in total. The van der Waals surface area contributed by atoms with Crippen molar-refractivity contribution in [3.05, 3.63) is 11.6 Å². The first-order valence-corrected chi connectivity index (χ1v) is 3.99. The van der Waals surface area contributed by atoms with Gasteiger partial charge in [0.25, 0.3) is 0 Å². The van der Waals surface area contributed by atoms with Crippen molar-refractivity contribution in [1.29, 1.82) is 0 Å². The summed E-state index contributed by atoms with van der Waals surface area (Å²) in [5.74, 6) is 0.191. The first kappa shape index (κ1) is 9.13. The van der Waals surface area contributed by atoms with E-state index in [2.05, 4.69) is 4.99 Å². The standard InChI is InChI=1S/C9H14N2O/c1-7-4-8(10-2)5-11(3)6-9(7)12/h4H,5-6H2,1-3H3. The molecule has 0 spiro atoms. The molecule has 0 aliphatic carbocycles. The SMILES string of the molecule is CN=C1C=C(C)C(=O)CN(C)C1. The Bertz CT molecular complexity index is 253. The van der Waals surface area contributed by atoms with Crippen LogP contribution in [0.5, 0.6) is 0 Å². The van der Waals surface area contributed by atoms with Crippen LogP contribution in [0.3, 0.4) is 0 Å². The van der Waals surface area contributed by atoms with Crippen LogP contribution in [-0.2, 0) is 4.79 Å².